The van der Waals surface area contributed by atoms with Crippen molar-refractivity contribution in [1.29, 1.82) is 0 Å². The molecular formula is C15H16F2N2O2. The number of nitrogens with one attached hydrogen (secondary N) is 1. The largest absolute Gasteiger partial charge is 0.361 e. The minimum Gasteiger partial charge on any atom is -0.361 e. The first-order chi connectivity index (χ1) is 10.2. The van der Waals surface area contributed by atoms with Gasteiger partial charge in [0, 0.05) is 18.6 Å². The van der Waals surface area contributed by atoms with Crippen molar-refractivity contribution >= 4 is 0 Å². The van der Waals surface area contributed by atoms with Crippen LogP contribution in [0.5, 0.6) is 0 Å². The van der Waals surface area contributed by atoms with Crippen molar-refractivity contribution in [1.82, 2.24) is 10.5 Å². The second-order valence-corrected chi connectivity index (χ2v) is 5.14. The Balaban J connectivity index is 1.59. The molecule has 0 amide bonds. The van der Waals surface area contributed by atoms with Gasteiger partial charge in [-0.3, -0.25) is 5.32 Å². The third-order valence-corrected chi connectivity index (χ3v) is 3.36. The first-order valence-electron chi connectivity index (χ1n) is 6.93. The fourth-order valence-corrected chi connectivity index (χ4v) is 2.40. The van der Waals surface area contributed by atoms with Crippen LogP contribution in [0, 0.1) is 11.6 Å². The molecule has 112 valence electrons. The van der Waals surface area contributed by atoms with E-state index in [0.717, 1.165) is 25.5 Å². The van der Waals surface area contributed by atoms with Crippen LogP contribution in [0.1, 0.15) is 29.9 Å². The minimum atomic E-state index is -0.597. The Morgan fingerprint density at radius 1 is 1.24 bits per heavy atom. The van der Waals surface area contributed by atoms with Crippen molar-refractivity contribution in [3.63, 3.8) is 0 Å². The molecule has 0 saturated carbocycles. The number of ether oxygens (including phenoxy) is 1. The number of benzene rings is 1. The Hall–Kier alpha value is -1.79. The third-order valence-electron chi connectivity index (χ3n) is 3.36. The Morgan fingerprint density at radius 2 is 2.05 bits per heavy atom. The molecule has 0 bridgehead atoms. The maximum atomic E-state index is 13.1. The van der Waals surface area contributed by atoms with E-state index in [1.165, 1.54) is 12.1 Å². The van der Waals surface area contributed by atoms with Gasteiger partial charge in [-0.15, -0.1) is 0 Å². The summed E-state index contributed by atoms with van der Waals surface area (Å²) in [5.74, 6) is -0.640. The van der Waals surface area contributed by atoms with E-state index in [2.05, 4.69) is 10.5 Å². The number of nitrogens with zero attached hydrogens (tertiary/aromatic N) is 1. The number of rotatable bonds is 5. The van der Waals surface area contributed by atoms with Crippen LogP contribution < -0.4 is 5.32 Å². The second-order valence-electron chi connectivity index (χ2n) is 5.14. The highest BCUT2D eigenvalue weighted by atomic mass is 19.1. The second kappa shape index (κ2) is 6.32. The van der Waals surface area contributed by atoms with E-state index in [0.29, 0.717) is 30.0 Å². The SMILES string of the molecule is Fc1cc(F)cc(Cc2cc(CO[C@H]3CCCN3)no2)c1. The summed E-state index contributed by atoms with van der Waals surface area (Å²) in [5, 5.41) is 7.12. The number of halogens is 2. The normalized spacial score (nSPS) is 18.3. The Morgan fingerprint density at radius 3 is 2.76 bits per heavy atom. The van der Waals surface area contributed by atoms with Crippen molar-refractivity contribution in [3.05, 3.63) is 52.9 Å². The highest BCUT2D eigenvalue weighted by Gasteiger charge is 2.15. The monoisotopic (exact) mass is 294 g/mol. The first kappa shape index (κ1) is 14.2. The van der Waals surface area contributed by atoms with Gasteiger partial charge in [-0.2, -0.15) is 0 Å². The third kappa shape index (κ3) is 3.86. The average molecular weight is 294 g/mol. The van der Waals surface area contributed by atoms with Crippen molar-refractivity contribution in [3.8, 4) is 0 Å². The maximum absolute atomic E-state index is 13.1. The topological polar surface area (TPSA) is 47.3 Å². The molecule has 1 N–H and O–H groups in total. The van der Waals surface area contributed by atoms with Crippen LogP contribution in [0.2, 0.25) is 0 Å². The van der Waals surface area contributed by atoms with Gasteiger partial charge >= 0.3 is 0 Å². The zero-order chi connectivity index (χ0) is 14.7. The van der Waals surface area contributed by atoms with Crippen LogP contribution in [0.25, 0.3) is 0 Å². The zero-order valence-corrected chi connectivity index (χ0v) is 11.4. The molecule has 1 atom stereocenters. The molecule has 0 radical (unpaired) electrons. The summed E-state index contributed by atoms with van der Waals surface area (Å²) in [5.41, 5.74) is 1.18. The summed E-state index contributed by atoms with van der Waals surface area (Å²) in [7, 11) is 0. The van der Waals surface area contributed by atoms with Crippen molar-refractivity contribution in [2.75, 3.05) is 6.54 Å². The Labute approximate surface area is 121 Å². The van der Waals surface area contributed by atoms with Gasteiger partial charge in [0.05, 0.1) is 6.61 Å². The van der Waals surface area contributed by atoms with E-state index in [-0.39, 0.29) is 6.23 Å². The molecule has 0 aliphatic carbocycles. The van der Waals surface area contributed by atoms with Gasteiger partial charge in [-0.05, 0) is 37.1 Å². The molecule has 21 heavy (non-hydrogen) atoms. The van der Waals surface area contributed by atoms with Crippen LogP contribution in [0.15, 0.2) is 28.8 Å². The van der Waals surface area contributed by atoms with Crippen LogP contribution in [-0.2, 0) is 17.8 Å². The molecule has 1 saturated heterocycles. The molecule has 4 nitrogen and oxygen atoms in total. The molecule has 0 spiro atoms. The van der Waals surface area contributed by atoms with E-state index in [1.807, 2.05) is 0 Å². The van der Waals surface area contributed by atoms with E-state index >= 15 is 0 Å². The number of hydrogen-bond donors (Lipinski definition) is 1. The van der Waals surface area contributed by atoms with Gasteiger partial charge in [-0.25, -0.2) is 8.78 Å². The highest BCUT2D eigenvalue weighted by Crippen LogP contribution is 2.15. The molecule has 6 heteroatoms. The van der Waals surface area contributed by atoms with Crippen LogP contribution >= 0.6 is 0 Å². The van der Waals surface area contributed by atoms with Crippen LogP contribution in [-0.4, -0.2) is 17.9 Å². The fourth-order valence-electron chi connectivity index (χ4n) is 2.40. The van der Waals surface area contributed by atoms with E-state index < -0.39 is 11.6 Å². The van der Waals surface area contributed by atoms with Gasteiger partial charge in [0.2, 0.25) is 0 Å². The molecule has 1 aliphatic rings. The van der Waals surface area contributed by atoms with Gasteiger partial charge in [-0.1, -0.05) is 5.16 Å². The van der Waals surface area contributed by atoms with Crippen LogP contribution in [0.4, 0.5) is 8.78 Å². The molecule has 1 aromatic carbocycles. The predicted molar refractivity (Wildman–Crippen MR) is 71.5 cm³/mol. The van der Waals surface area contributed by atoms with Gasteiger partial charge in [0.1, 0.15) is 29.3 Å². The van der Waals surface area contributed by atoms with Crippen LogP contribution in [0.3, 0.4) is 0 Å². The standard InChI is InChI=1S/C15H16F2N2O2/c16-11-4-10(5-12(17)7-11)6-14-8-13(19-21-14)9-20-15-2-1-3-18-15/h4-5,7-8,15,18H,1-3,6,9H2/t15-/m0/s1. The first-order valence-corrected chi connectivity index (χ1v) is 6.93. The summed E-state index contributed by atoms with van der Waals surface area (Å²) in [6, 6.07) is 5.16. The molecule has 3 rings (SSSR count). The van der Waals surface area contributed by atoms with Crippen molar-refractivity contribution in [2.45, 2.75) is 32.1 Å². The summed E-state index contributed by atoms with van der Waals surface area (Å²) in [4.78, 5) is 0. The summed E-state index contributed by atoms with van der Waals surface area (Å²) < 4.78 is 37.0. The van der Waals surface area contributed by atoms with E-state index in [4.69, 9.17) is 9.26 Å². The lowest BCUT2D eigenvalue weighted by Crippen LogP contribution is -2.24. The molecule has 1 aromatic heterocycles. The molecule has 1 fully saturated rings. The molecule has 1 aliphatic heterocycles. The quantitative estimate of drug-likeness (QED) is 0.921. The highest BCUT2D eigenvalue weighted by molar-refractivity contribution is 5.22. The summed E-state index contributed by atoms with van der Waals surface area (Å²) >= 11 is 0. The van der Waals surface area contributed by atoms with Gasteiger partial charge in [0.15, 0.2) is 0 Å². The Bertz CT molecular complexity index is 589. The smallest absolute Gasteiger partial charge is 0.141 e. The lowest BCUT2D eigenvalue weighted by Gasteiger charge is -2.09. The molecular weight excluding hydrogens is 278 g/mol. The van der Waals surface area contributed by atoms with Gasteiger partial charge in [0.25, 0.3) is 0 Å². The average Bonchev–Trinajstić information content (AvgIpc) is 3.06. The lowest BCUT2D eigenvalue weighted by molar-refractivity contribution is 0.0281. The zero-order valence-electron chi connectivity index (χ0n) is 11.4. The molecule has 0 unspecified atom stereocenters. The predicted octanol–water partition coefficient (Wildman–Crippen LogP) is 2.77. The van der Waals surface area contributed by atoms with E-state index in [9.17, 15) is 8.78 Å². The summed E-state index contributed by atoms with van der Waals surface area (Å²) in [6.07, 6.45) is 2.47. The molecule has 2 aromatic rings. The lowest BCUT2D eigenvalue weighted by atomic mass is 10.1. The van der Waals surface area contributed by atoms with E-state index in [1.54, 1.807) is 6.07 Å². The van der Waals surface area contributed by atoms with Crippen molar-refractivity contribution < 1.29 is 18.0 Å². The molecule has 2 heterocycles. The van der Waals surface area contributed by atoms with Crippen molar-refractivity contribution in [2.24, 2.45) is 0 Å². The fraction of sp³-hybridized carbons (Fsp3) is 0.400. The summed E-state index contributed by atoms with van der Waals surface area (Å²) in [6.45, 7) is 1.33. The minimum absolute atomic E-state index is 0.0717. The van der Waals surface area contributed by atoms with Gasteiger partial charge < -0.3 is 9.26 Å². The number of aromatic nitrogens is 1. The maximum Gasteiger partial charge on any atom is 0.141 e. The Kier molecular flexibility index (Phi) is 4.26. The number of hydrogen-bond acceptors (Lipinski definition) is 4.